The Morgan fingerprint density at radius 3 is 1.33 bits per heavy atom. The van der Waals surface area contributed by atoms with Gasteiger partial charge in [-0.25, -0.2) is 0 Å². The number of aromatic amines is 2. The molecule has 9 rings (SSSR count). The first kappa shape index (κ1) is 26.1. The van der Waals surface area contributed by atoms with E-state index in [9.17, 15) is 3.69 Å². The van der Waals surface area contributed by atoms with Crippen LogP contribution in [-0.4, -0.2) is 43.6 Å². The molecular weight excluding hydrogens is 624 g/mol. The van der Waals surface area contributed by atoms with Crippen molar-refractivity contribution in [1.82, 2.24) is 39.9 Å². The zero-order valence-corrected chi connectivity index (χ0v) is 24.6. The third-order valence-electron chi connectivity index (χ3n) is 7.70. The van der Waals surface area contributed by atoms with Crippen LogP contribution in [0.3, 0.4) is 0 Å². The molecule has 0 saturated heterocycles. The topological polar surface area (TPSA) is 129 Å². The maximum atomic E-state index is 10.4. The molecule has 0 atom stereocenters. The molecule has 5 heterocycles. The molecule has 2 aliphatic rings. The van der Waals surface area contributed by atoms with Gasteiger partial charge in [-0.2, -0.15) is 0 Å². The number of benzene rings is 4. The fraction of sp³-hybridized carbons (Fsp3) is 0. The Labute approximate surface area is 263 Å². The molecule has 2 aliphatic heterocycles. The van der Waals surface area contributed by atoms with Crippen LogP contribution in [0.1, 0.15) is 0 Å². The molecule has 3 N–H and O–H groups in total. The zero-order valence-electron chi connectivity index (χ0n) is 22.1. The van der Waals surface area contributed by atoms with Crippen molar-refractivity contribution >= 4 is 48.0 Å². The van der Waals surface area contributed by atoms with Crippen LogP contribution in [0.2, 0.25) is 0 Å². The van der Waals surface area contributed by atoms with Crippen LogP contribution < -0.4 is 3.87 Å². The number of aromatic nitrogens is 8. The third-order valence-corrected chi connectivity index (χ3v) is 8.73. The van der Waals surface area contributed by atoms with Gasteiger partial charge >= 0.3 is 242 Å². The van der Waals surface area contributed by atoms with Gasteiger partial charge in [-0.15, -0.1) is 0 Å². The number of rotatable bonds is 1. The van der Waals surface area contributed by atoms with Crippen LogP contribution in [0.5, 0.6) is 0 Å². The molecule has 9 nitrogen and oxygen atoms in total. The van der Waals surface area contributed by atoms with Crippen molar-refractivity contribution in [2.75, 3.05) is 0 Å². The minimum atomic E-state index is -1.37. The summed E-state index contributed by atoms with van der Waals surface area (Å²) in [7, 11) is 0. The number of fused-ring (bicyclic) bond motifs is 20. The van der Waals surface area contributed by atoms with Gasteiger partial charge in [0.2, 0.25) is 0 Å². The van der Waals surface area contributed by atoms with E-state index in [4.69, 9.17) is 29.9 Å². The summed E-state index contributed by atoms with van der Waals surface area (Å²) in [6, 6.07) is 29.8. The van der Waals surface area contributed by atoms with Gasteiger partial charge in [0.1, 0.15) is 0 Å². The number of nitrogens with one attached hydrogen (secondary N) is 2. The molecule has 11 heteroatoms. The number of nitrogens with zero attached hydrogens (tertiary/aromatic N) is 6. The van der Waals surface area contributed by atoms with Gasteiger partial charge < -0.3 is 0 Å². The van der Waals surface area contributed by atoms with E-state index in [1.807, 2.05) is 91.0 Å². The van der Waals surface area contributed by atoms with Crippen molar-refractivity contribution in [3.05, 3.63) is 91.0 Å². The minimum absolute atomic E-state index is 0. The Kier molecular flexibility index (Phi) is 6.08. The van der Waals surface area contributed by atoms with E-state index in [1.54, 1.807) is 0 Å². The van der Waals surface area contributed by atoms with Crippen LogP contribution in [0, 0.1) is 0 Å². The molecule has 207 valence electrons. The van der Waals surface area contributed by atoms with Gasteiger partial charge in [-0.05, 0) is 0 Å². The van der Waals surface area contributed by atoms with Gasteiger partial charge in [-0.1, -0.05) is 6.07 Å². The van der Waals surface area contributed by atoms with E-state index in [-0.39, 0.29) is 17.1 Å². The van der Waals surface area contributed by atoms with Gasteiger partial charge in [0.15, 0.2) is 0 Å². The molecule has 7 aromatic rings. The van der Waals surface area contributed by atoms with E-state index in [1.165, 1.54) is 0 Å². The van der Waals surface area contributed by atoms with E-state index in [2.05, 4.69) is 9.97 Å². The standard InChI is InChI=1S/C32H17N8.Cu.H2O.Ti/c1-2-10-18-17(9-1)25-33-26(18)38-28-21-13-5-6-14-22(21)30(35-28)40-32-24-16-8-7-15-23(24)31(36-32)39-29-20-12-4-3-11-19(20)27(34-29)37-25;;;/h1-15H,(H2,33,34,35,36,37,38,39,40);;1H2;/q;;;+1/p-1. The summed E-state index contributed by atoms with van der Waals surface area (Å²) in [5.41, 5.74) is 6.09. The molecule has 3 aromatic heterocycles. The van der Waals surface area contributed by atoms with Gasteiger partial charge in [0, 0.05) is 17.1 Å². The first-order valence-electron chi connectivity index (χ1n) is 13.4. The maximum absolute atomic E-state index is 10.4. The Hall–Kier alpha value is -4.57. The van der Waals surface area contributed by atoms with E-state index in [0.29, 0.717) is 45.9 Å². The number of H-pyrrole nitrogens is 2. The second kappa shape index (κ2) is 10.0. The van der Waals surface area contributed by atoms with Crippen LogP contribution >= 0.6 is 0 Å². The van der Waals surface area contributed by atoms with Crippen LogP contribution in [0.4, 0.5) is 0 Å². The van der Waals surface area contributed by atoms with E-state index < -0.39 is 19.5 Å². The molecule has 0 spiro atoms. The van der Waals surface area contributed by atoms with Crippen LogP contribution in [0.15, 0.2) is 91.0 Å². The van der Waals surface area contributed by atoms with Gasteiger partial charge in [0.25, 0.3) is 0 Å². The third kappa shape index (κ3) is 4.00. The van der Waals surface area contributed by atoms with Crippen molar-refractivity contribution in [3.63, 3.8) is 0 Å². The summed E-state index contributed by atoms with van der Waals surface area (Å²) in [5, 5.41) is 3.57. The van der Waals surface area contributed by atoms with Gasteiger partial charge in [0.05, 0.1) is 0 Å². The second-order valence-corrected chi connectivity index (χ2v) is 11.3. The molecule has 1 radical (unpaired) electrons. The first-order chi connectivity index (χ1) is 20.7. The molecule has 0 aliphatic carbocycles. The van der Waals surface area contributed by atoms with Crippen LogP contribution in [-0.2, 0) is 36.6 Å². The second-order valence-electron chi connectivity index (χ2n) is 10.1. The molecular formula is C32H18CuN8OTi. The first-order valence-corrected chi connectivity index (χ1v) is 14.9. The van der Waals surface area contributed by atoms with E-state index in [0.717, 1.165) is 47.7 Å². The number of hydrogen-bond acceptors (Lipinski definition) is 7. The molecule has 0 amide bonds. The Morgan fingerprint density at radius 2 is 0.837 bits per heavy atom. The van der Waals surface area contributed by atoms with Crippen molar-refractivity contribution in [3.8, 4) is 45.6 Å². The zero-order chi connectivity index (χ0) is 27.8. The van der Waals surface area contributed by atoms with Crippen molar-refractivity contribution in [2.45, 2.75) is 0 Å². The number of hydrogen-bond donors (Lipinski definition) is 3. The molecule has 0 unspecified atom stereocenters. The molecule has 4 aromatic carbocycles. The average Bonchev–Trinajstić information content (AvgIpc) is 3.76. The molecule has 0 fully saturated rings. The molecule has 0 saturated carbocycles. The Bertz CT molecular complexity index is 2430. The summed E-state index contributed by atoms with van der Waals surface area (Å²) in [4.78, 5) is 36.8. The summed E-state index contributed by atoms with van der Waals surface area (Å²) < 4.78 is 11.2. The molecule has 8 bridgehead atoms. The van der Waals surface area contributed by atoms with Crippen LogP contribution in [0.25, 0.3) is 89.7 Å². The molecule has 43 heavy (non-hydrogen) atoms. The SMILES string of the molecule is [Cu].[OH][Ti][c]1cccc2c3nc4nc(nc5[nH]c(nc6nc(nc([nH]3)c12)-c1ccccc1-6)c1ccccc51)-c1ccccc1-4. The average molecular weight is 642 g/mol. The van der Waals surface area contributed by atoms with Crippen molar-refractivity contribution in [2.24, 2.45) is 0 Å². The predicted molar refractivity (Wildman–Crippen MR) is 158 cm³/mol. The van der Waals surface area contributed by atoms with Crippen molar-refractivity contribution < 1.29 is 40.3 Å². The fourth-order valence-electron chi connectivity index (χ4n) is 5.78. The summed E-state index contributed by atoms with van der Waals surface area (Å²) in [5.74, 6) is 2.22. The van der Waals surface area contributed by atoms with E-state index >= 15 is 0 Å². The summed E-state index contributed by atoms with van der Waals surface area (Å²) >= 11 is -1.37. The predicted octanol–water partition coefficient (Wildman–Crippen LogP) is 5.48. The normalized spacial score (nSPS) is 11.7. The quantitative estimate of drug-likeness (QED) is 0.202. The summed E-state index contributed by atoms with van der Waals surface area (Å²) in [6.45, 7) is 0. The summed E-state index contributed by atoms with van der Waals surface area (Å²) in [6.07, 6.45) is 0. The Balaban J connectivity index is 0.00000278. The van der Waals surface area contributed by atoms with Gasteiger partial charge in [-0.3, -0.25) is 0 Å². The fourth-order valence-corrected chi connectivity index (χ4v) is 6.62. The Morgan fingerprint density at radius 1 is 0.442 bits per heavy atom. The monoisotopic (exact) mass is 641 g/mol. The van der Waals surface area contributed by atoms with Crippen molar-refractivity contribution in [1.29, 1.82) is 0 Å².